The SMILES string of the molecule is NC(=O)[C@@H]1CCC[N+]1(C(=O)NCCn1cccn1)C(=O)[C@H](CC1CCCC1)CN(O)C=O. The highest BCUT2D eigenvalue weighted by molar-refractivity contribution is 5.91. The number of rotatable bonds is 10. The predicted molar refractivity (Wildman–Crippen MR) is 113 cm³/mol. The van der Waals surface area contributed by atoms with Crippen LogP contribution in [0.15, 0.2) is 18.5 Å². The smallest absolute Gasteiger partial charge is 0.364 e. The number of carbonyl (C=O) groups excluding carboxylic acids is 4. The maximum absolute atomic E-state index is 13.9. The topological polar surface area (TPSA) is 148 Å². The second-order valence-electron chi connectivity index (χ2n) is 8.80. The van der Waals surface area contributed by atoms with Crippen molar-refractivity contribution in [3.63, 3.8) is 0 Å². The summed E-state index contributed by atoms with van der Waals surface area (Å²) in [4.78, 5) is 50.6. The molecule has 1 aliphatic carbocycles. The molecule has 0 bridgehead atoms. The van der Waals surface area contributed by atoms with E-state index in [-0.39, 0.29) is 32.0 Å². The number of hydroxylamine groups is 2. The number of urea groups is 1. The molecule has 4 N–H and O–H groups in total. The summed E-state index contributed by atoms with van der Waals surface area (Å²) in [6, 6.07) is 0.224. The molecule has 1 saturated heterocycles. The van der Waals surface area contributed by atoms with Crippen LogP contribution in [0.3, 0.4) is 0 Å². The number of amides is 5. The van der Waals surface area contributed by atoms with Crippen LogP contribution in [-0.4, -0.2) is 74.5 Å². The zero-order chi connectivity index (χ0) is 23.1. The van der Waals surface area contributed by atoms with E-state index < -0.39 is 34.3 Å². The number of carbonyl (C=O) groups is 4. The van der Waals surface area contributed by atoms with Crippen LogP contribution in [0.4, 0.5) is 4.79 Å². The van der Waals surface area contributed by atoms with Gasteiger partial charge in [0.15, 0.2) is 6.04 Å². The van der Waals surface area contributed by atoms with E-state index in [2.05, 4.69) is 10.4 Å². The number of hydrogen-bond acceptors (Lipinski definition) is 6. The van der Waals surface area contributed by atoms with Gasteiger partial charge in [-0.1, -0.05) is 25.7 Å². The van der Waals surface area contributed by atoms with E-state index >= 15 is 0 Å². The van der Waals surface area contributed by atoms with Crippen LogP contribution < -0.4 is 11.1 Å². The normalized spacial score (nSPS) is 24.2. The minimum atomic E-state index is -0.971. The van der Waals surface area contributed by atoms with Crippen LogP contribution in [0.1, 0.15) is 44.9 Å². The van der Waals surface area contributed by atoms with Gasteiger partial charge >= 0.3 is 11.9 Å². The molecule has 3 atom stereocenters. The van der Waals surface area contributed by atoms with E-state index in [0.717, 1.165) is 25.7 Å². The molecular weight excluding hydrogens is 416 g/mol. The first-order chi connectivity index (χ1) is 15.4. The summed E-state index contributed by atoms with van der Waals surface area (Å²) in [6.07, 6.45) is 8.99. The first kappa shape index (κ1) is 23.9. The monoisotopic (exact) mass is 449 g/mol. The lowest BCUT2D eigenvalue weighted by Crippen LogP contribution is -2.68. The molecule has 11 heteroatoms. The van der Waals surface area contributed by atoms with Gasteiger partial charge in [-0.25, -0.2) is 14.7 Å². The third kappa shape index (κ3) is 5.16. The second kappa shape index (κ2) is 10.7. The molecule has 0 spiro atoms. The molecule has 1 aliphatic heterocycles. The van der Waals surface area contributed by atoms with E-state index in [4.69, 9.17) is 5.73 Å². The summed E-state index contributed by atoms with van der Waals surface area (Å²) in [6.45, 7) is 0.584. The molecule has 2 aliphatic rings. The average Bonchev–Trinajstić information content (AvgIpc) is 3.54. The summed E-state index contributed by atoms with van der Waals surface area (Å²) in [5.41, 5.74) is 5.63. The molecule has 0 aromatic carbocycles. The number of nitrogens with zero attached hydrogens (tertiary/aromatic N) is 4. The summed E-state index contributed by atoms with van der Waals surface area (Å²) in [5, 5.41) is 17.2. The fourth-order valence-corrected chi connectivity index (χ4v) is 5.22. The first-order valence-electron chi connectivity index (χ1n) is 11.3. The van der Waals surface area contributed by atoms with Gasteiger partial charge in [0.25, 0.3) is 5.91 Å². The summed E-state index contributed by atoms with van der Waals surface area (Å²) < 4.78 is 0.942. The Hall–Kier alpha value is -2.79. The lowest BCUT2D eigenvalue weighted by Gasteiger charge is -2.36. The molecule has 1 unspecified atom stereocenters. The Balaban J connectivity index is 1.83. The third-order valence-electron chi connectivity index (χ3n) is 6.75. The maximum atomic E-state index is 13.9. The Kier molecular flexibility index (Phi) is 7.97. The number of aromatic nitrogens is 2. The zero-order valence-electron chi connectivity index (χ0n) is 18.3. The van der Waals surface area contributed by atoms with Crippen molar-refractivity contribution in [1.82, 2.24) is 20.2 Å². The highest BCUT2D eigenvalue weighted by Gasteiger charge is 2.58. The zero-order valence-corrected chi connectivity index (χ0v) is 18.3. The maximum Gasteiger partial charge on any atom is 0.424 e. The van der Waals surface area contributed by atoms with Crippen LogP contribution in [0.25, 0.3) is 0 Å². The van der Waals surface area contributed by atoms with E-state index in [1.165, 1.54) is 0 Å². The van der Waals surface area contributed by atoms with Crippen LogP contribution in [0.5, 0.6) is 0 Å². The Morgan fingerprint density at radius 2 is 2.03 bits per heavy atom. The first-order valence-corrected chi connectivity index (χ1v) is 11.3. The molecule has 176 valence electrons. The molecule has 3 rings (SSSR count). The lowest BCUT2D eigenvalue weighted by atomic mass is 9.90. The van der Waals surface area contributed by atoms with Crippen molar-refractivity contribution in [1.29, 1.82) is 0 Å². The molecule has 5 amide bonds. The molecule has 0 radical (unpaired) electrons. The van der Waals surface area contributed by atoms with Crippen LogP contribution in [0.2, 0.25) is 0 Å². The third-order valence-corrected chi connectivity index (χ3v) is 6.75. The predicted octanol–water partition coefficient (Wildman–Crippen LogP) is 0.628. The minimum absolute atomic E-state index is 0.160. The number of likely N-dealkylation sites (tertiary alicyclic amines) is 1. The van der Waals surface area contributed by atoms with Crippen LogP contribution in [-0.2, 0) is 20.9 Å². The summed E-state index contributed by atoms with van der Waals surface area (Å²) >= 11 is 0. The van der Waals surface area contributed by atoms with Crippen molar-refractivity contribution in [2.24, 2.45) is 17.6 Å². The van der Waals surface area contributed by atoms with Crippen LogP contribution in [0, 0.1) is 11.8 Å². The molecule has 2 heterocycles. The fourth-order valence-electron chi connectivity index (χ4n) is 5.22. The Morgan fingerprint density at radius 3 is 2.66 bits per heavy atom. The fraction of sp³-hybridized carbons (Fsp3) is 0.667. The van der Waals surface area contributed by atoms with E-state index in [0.29, 0.717) is 30.9 Å². The Labute approximate surface area is 187 Å². The minimum Gasteiger partial charge on any atom is -0.364 e. The Bertz CT molecular complexity index is 810. The second-order valence-corrected chi connectivity index (χ2v) is 8.80. The molecule has 1 aromatic rings. The van der Waals surface area contributed by atoms with Gasteiger partial charge in [0, 0.05) is 31.8 Å². The average molecular weight is 450 g/mol. The molecule has 2 fully saturated rings. The molecule has 1 aromatic heterocycles. The van der Waals surface area contributed by atoms with E-state index in [1.807, 2.05) is 0 Å². The Morgan fingerprint density at radius 1 is 1.28 bits per heavy atom. The van der Waals surface area contributed by atoms with Crippen molar-refractivity contribution < 1.29 is 28.9 Å². The number of primary amides is 1. The highest BCUT2D eigenvalue weighted by Crippen LogP contribution is 2.35. The van der Waals surface area contributed by atoms with Crippen molar-refractivity contribution in [3.8, 4) is 0 Å². The quantitative estimate of drug-likeness (QED) is 0.206. The van der Waals surface area contributed by atoms with Gasteiger partial charge in [0.05, 0.1) is 25.6 Å². The van der Waals surface area contributed by atoms with Crippen molar-refractivity contribution in [2.45, 2.75) is 57.5 Å². The van der Waals surface area contributed by atoms with Gasteiger partial charge in [-0.15, -0.1) is 0 Å². The number of quaternary nitrogens is 1. The van der Waals surface area contributed by atoms with Gasteiger partial charge in [0.2, 0.25) is 6.41 Å². The van der Waals surface area contributed by atoms with Crippen molar-refractivity contribution >= 4 is 24.3 Å². The number of nitrogens with two attached hydrogens (primary N) is 1. The number of imide groups is 1. The van der Waals surface area contributed by atoms with Crippen LogP contribution >= 0.6 is 0 Å². The van der Waals surface area contributed by atoms with Gasteiger partial charge in [-0.2, -0.15) is 9.58 Å². The molecule has 11 nitrogen and oxygen atoms in total. The highest BCUT2D eigenvalue weighted by atomic mass is 16.5. The van der Waals surface area contributed by atoms with Gasteiger partial charge in [-0.3, -0.25) is 19.5 Å². The lowest BCUT2D eigenvalue weighted by molar-refractivity contribution is -0.779. The van der Waals surface area contributed by atoms with Crippen molar-refractivity contribution in [2.75, 3.05) is 19.6 Å². The van der Waals surface area contributed by atoms with Crippen molar-refractivity contribution in [3.05, 3.63) is 18.5 Å². The van der Waals surface area contributed by atoms with Gasteiger partial charge < -0.3 is 11.1 Å². The summed E-state index contributed by atoms with van der Waals surface area (Å²) in [5.74, 6) is -1.66. The molecule has 32 heavy (non-hydrogen) atoms. The van der Waals surface area contributed by atoms with E-state index in [9.17, 15) is 24.4 Å². The largest absolute Gasteiger partial charge is 0.424 e. The molecule has 1 saturated carbocycles. The number of nitrogens with one attached hydrogen (secondary N) is 1. The van der Waals surface area contributed by atoms with Gasteiger partial charge in [0.1, 0.15) is 0 Å². The van der Waals surface area contributed by atoms with Gasteiger partial charge in [-0.05, 0) is 18.4 Å². The number of hydrogen-bond donors (Lipinski definition) is 3. The summed E-state index contributed by atoms with van der Waals surface area (Å²) in [7, 11) is 0. The standard InChI is InChI=1S/C21H32N6O5/c22-19(29)18-7-3-12-27(18,21(31)23-9-11-25-10-4-8-24-25)20(30)17(14-26(32)15-28)13-16-5-1-2-6-16/h4,8,10,15-18,32H,1-3,5-7,9,11-14H2,(H2-,22,23,29,31)/p+1/t17-,18+,27?/m1/s1. The molecular formula is C21H33N6O5+. The van der Waals surface area contributed by atoms with E-state index in [1.54, 1.807) is 23.1 Å².